The molecule has 0 heterocycles. The first-order valence-corrected chi connectivity index (χ1v) is 22.8. The second-order valence-corrected chi connectivity index (χ2v) is 19.5. The van der Waals surface area contributed by atoms with Gasteiger partial charge in [0.25, 0.3) is 0 Å². The van der Waals surface area contributed by atoms with E-state index in [1.807, 2.05) is 0 Å². The molecule has 2 heteroatoms. The number of hydrogen-bond acceptors (Lipinski definition) is 2. The fourth-order valence-corrected chi connectivity index (χ4v) is 9.62. The SMILES string of the molecule is CCCCCCOc1cc(-c2ccc3ccc4cc(C(C)(C)C)cc5ccc2c3c45)c(OCCCCCC)cc1-c1ccc2ccc3cc(C(C)(C)C)cc4ccc1c2c34. The Morgan fingerprint density at radius 3 is 1.07 bits per heavy atom. The Kier molecular flexibility index (Phi) is 10.6. The van der Waals surface area contributed by atoms with Crippen molar-refractivity contribution in [1.82, 2.24) is 0 Å². The van der Waals surface area contributed by atoms with E-state index in [1.165, 1.54) is 125 Å². The van der Waals surface area contributed by atoms with Gasteiger partial charge in [-0.1, -0.05) is 191 Å². The van der Waals surface area contributed by atoms with E-state index in [2.05, 4.69) is 165 Å². The number of unbranched alkanes of at least 4 members (excludes halogenated alkanes) is 6. The van der Waals surface area contributed by atoms with Gasteiger partial charge in [0.05, 0.1) is 13.2 Å². The predicted molar refractivity (Wildman–Crippen MR) is 261 cm³/mol. The molecule has 0 aromatic heterocycles. The van der Waals surface area contributed by atoms with Gasteiger partial charge in [0, 0.05) is 11.1 Å². The molecule has 9 aromatic rings. The molecule has 0 aliphatic rings. The van der Waals surface area contributed by atoms with E-state index in [0.717, 1.165) is 35.5 Å². The Morgan fingerprint density at radius 1 is 0.350 bits per heavy atom. The van der Waals surface area contributed by atoms with Crippen LogP contribution in [0.25, 0.3) is 86.9 Å². The van der Waals surface area contributed by atoms with Crippen LogP contribution in [0.15, 0.2) is 109 Å². The quantitative estimate of drug-likeness (QED) is 0.0807. The van der Waals surface area contributed by atoms with Gasteiger partial charge in [-0.3, -0.25) is 0 Å². The summed E-state index contributed by atoms with van der Waals surface area (Å²) in [6.07, 6.45) is 9.23. The summed E-state index contributed by atoms with van der Waals surface area (Å²) in [5, 5.41) is 15.6. The molecule has 9 rings (SSSR count). The second-order valence-electron chi connectivity index (χ2n) is 19.5. The molecule has 0 saturated heterocycles. The summed E-state index contributed by atoms with van der Waals surface area (Å²) in [5.74, 6) is 1.84. The third-order valence-corrected chi connectivity index (χ3v) is 13.1. The van der Waals surface area contributed by atoms with Crippen LogP contribution in [0.4, 0.5) is 0 Å². The summed E-state index contributed by atoms with van der Waals surface area (Å²) in [6.45, 7) is 19.7. The molecule has 0 amide bonds. The summed E-state index contributed by atoms with van der Waals surface area (Å²) in [4.78, 5) is 0. The van der Waals surface area contributed by atoms with Crippen molar-refractivity contribution < 1.29 is 9.47 Å². The zero-order valence-electron chi connectivity index (χ0n) is 37.3. The molecule has 0 aliphatic carbocycles. The monoisotopic (exact) mass is 790 g/mol. The lowest BCUT2D eigenvalue weighted by Gasteiger charge is -2.23. The maximum atomic E-state index is 6.97. The minimum atomic E-state index is 0.0676. The van der Waals surface area contributed by atoms with Crippen molar-refractivity contribution in [2.24, 2.45) is 0 Å². The highest BCUT2D eigenvalue weighted by Crippen LogP contribution is 2.49. The lowest BCUT2D eigenvalue weighted by molar-refractivity contribution is 0.299. The van der Waals surface area contributed by atoms with Crippen LogP contribution in [0, 0.1) is 0 Å². The Bertz CT molecular complexity index is 2730. The molecule has 2 nitrogen and oxygen atoms in total. The van der Waals surface area contributed by atoms with Gasteiger partial charge < -0.3 is 9.47 Å². The van der Waals surface area contributed by atoms with E-state index in [4.69, 9.17) is 9.47 Å². The molecule has 0 atom stereocenters. The molecule has 0 radical (unpaired) electrons. The van der Waals surface area contributed by atoms with Gasteiger partial charge in [0.2, 0.25) is 0 Å². The van der Waals surface area contributed by atoms with Crippen molar-refractivity contribution >= 4 is 64.6 Å². The maximum absolute atomic E-state index is 6.97. The summed E-state index contributed by atoms with van der Waals surface area (Å²) in [6, 6.07) is 42.1. The third kappa shape index (κ3) is 7.31. The molecular formula is C58H62O2. The fourth-order valence-electron chi connectivity index (χ4n) is 9.62. The molecule has 306 valence electrons. The standard InChI is InChI=1S/C58H62O2/c1-9-11-13-15-29-59-51-35-50(46-26-22-38-18-20-40-32-44(58(6,7)8)34-42-24-28-48(46)56(38)54(40)42)52(60-30-16-14-12-10-2)36-49(51)45-25-21-37-17-19-39-31-43(57(3,4)5)33-41-23-27-47(45)55(37)53(39)41/h17-28,31-36H,9-16,29-30H2,1-8H3. The molecule has 0 N–H and O–H groups in total. The van der Waals surface area contributed by atoms with Crippen LogP contribution in [0.2, 0.25) is 0 Å². The third-order valence-electron chi connectivity index (χ3n) is 13.1. The molecule has 0 aliphatic heterocycles. The van der Waals surface area contributed by atoms with Crippen LogP contribution in [0.1, 0.15) is 118 Å². The predicted octanol–water partition coefficient (Wildman–Crippen LogP) is 17.3. The normalized spacial score (nSPS) is 12.7. The average Bonchev–Trinajstić information content (AvgIpc) is 3.23. The Labute approximate surface area is 357 Å². The molecular weight excluding hydrogens is 729 g/mol. The van der Waals surface area contributed by atoms with E-state index in [-0.39, 0.29) is 10.8 Å². The number of rotatable bonds is 14. The molecule has 60 heavy (non-hydrogen) atoms. The Balaban J connectivity index is 1.26. The van der Waals surface area contributed by atoms with Crippen molar-refractivity contribution in [1.29, 1.82) is 0 Å². The minimum Gasteiger partial charge on any atom is -0.493 e. The molecule has 0 spiro atoms. The smallest absolute Gasteiger partial charge is 0.128 e. The van der Waals surface area contributed by atoms with Crippen molar-refractivity contribution in [3.05, 3.63) is 120 Å². The van der Waals surface area contributed by atoms with E-state index in [9.17, 15) is 0 Å². The zero-order chi connectivity index (χ0) is 41.8. The number of benzene rings is 9. The lowest BCUT2D eigenvalue weighted by atomic mass is 9.82. The van der Waals surface area contributed by atoms with Gasteiger partial charge in [0.15, 0.2) is 0 Å². The van der Waals surface area contributed by atoms with Gasteiger partial charge in [0.1, 0.15) is 11.5 Å². The van der Waals surface area contributed by atoms with Gasteiger partial charge in [-0.05, 0) is 123 Å². The Morgan fingerprint density at radius 2 is 0.700 bits per heavy atom. The van der Waals surface area contributed by atoms with E-state index >= 15 is 0 Å². The minimum absolute atomic E-state index is 0.0676. The zero-order valence-corrected chi connectivity index (χ0v) is 37.3. The van der Waals surface area contributed by atoms with Crippen LogP contribution in [0.3, 0.4) is 0 Å². The molecule has 0 fully saturated rings. The van der Waals surface area contributed by atoms with Gasteiger partial charge in [-0.15, -0.1) is 0 Å². The topological polar surface area (TPSA) is 18.5 Å². The summed E-state index contributed by atoms with van der Waals surface area (Å²) >= 11 is 0. The fraction of sp³-hybridized carbons (Fsp3) is 0.345. The number of hydrogen-bond donors (Lipinski definition) is 0. The largest absolute Gasteiger partial charge is 0.493 e. The van der Waals surface area contributed by atoms with Crippen molar-refractivity contribution in [3.63, 3.8) is 0 Å². The highest BCUT2D eigenvalue weighted by molar-refractivity contribution is 6.27. The second kappa shape index (κ2) is 15.9. The first-order chi connectivity index (χ1) is 28.9. The Hall–Kier alpha value is -5.34. The van der Waals surface area contributed by atoms with Crippen LogP contribution in [-0.4, -0.2) is 13.2 Å². The molecule has 0 unspecified atom stereocenters. The number of ether oxygens (including phenoxy) is 2. The maximum Gasteiger partial charge on any atom is 0.128 e. The summed E-state index contributed by atoms with van der Waals surface area (Å²) in [7, 11) is 0. The first kappa shape index (κ1) is 40.1. The van der Waals surface area contributed by atoms with E-state index in [1.54, 1.807) is 0 Å². The van der Waals surface area contributed by atoms with Gasteiger partial charge in [-0.2, -0.15) is 0 Å². The molecule has 9 aromatic carbocycles. The highest BCUT2D eigenvalue weighted by atomic mass is 16.5. The lowest BCUT2D eigenvalue weighted by Crippen LogP contribution is -2.10. The van der Waals surface area contributed by atoms with Crippen LogP contribution >= 0.6 is 0 Å². The van der Waals surface area contributed by atoms with Crippen molar-refractivity contribution in [3.8, 4) is 33.8 Å². The van der Waals surface area contributed by atoms with Crippen molar-refractivity contribution in [2.45, 2.75) is 118 Å². The van der Waals surface area contributed by atoms with Crippen LogP contribution in [-0.2, 0) is 10.8 Å². The van der Waals surface area contributed by atoms with Gasteiger partial charge >= 0.3 is 0 Å². The average molecular weight is 791 g/mol. The summed E-state index contributed by atoms with van der Waals surface area (Å²) in [5.41, 5.74) is 7.43. The molecule has 0 bridgehead atoms. The first-order valence-electron chi connectivity index (χ1n) is 22.8. The van der Waals surface area contributed by atoms with Crippen LogP contribution < -0.4 is 9.47 Å². The van der Waals surface area contributed by atoms with Crippen molar-refractivity contribution in [2.75, 3.05) is 13.2 Å². The van der Waals surface area contributed by atoms with E-state index in [0.29, 0.717) is 13.2 Å². The van der Waals surface area contributed by atoms with E-state index < -0.39 is 0 Å². The van der Waals surface area contributed by atoms with Crippen LogP contribution in [0.5, 0.6) is 11.5 Å². The molecule has 0 saturated carbocycles. The summed E-state index contributed by atoms with van der Waals surface area (Å²) < 4.78 is 13.9. The highest BCUT2D eigenvalue weighted by Gasteiger charge is 2.23. The van der Waals surface area contributed by atoms with Gasteiger partial charge in [-0.25, -0.2) is 0 Å².